The van der Waals surface area contributed by atoms with Crippen LogP contribution in [0, 0.1) is 5.41 Å². The smallest absolute Gasteiger partial charge is 0.278 e. The maximum absolute atomic E-state index is 12.7. The molecule has 4 saturated carbocycles. The summed E-state index contributed by atoms with van der Waals surface area (Å²) in [6.45, 7) is 11.6. The minimum Gasteiger partial charge on any atom is -0.399 e. The van der Waals surface area contributed by atoms with Gasteiger partial charge in [-0.3, -0.25) is 15.0 Å². The van der Waals surface area contributed by atoms with Crippen molar-refractivity contribution in [3.63, 3.8) is 0 Å². The molecule has 0 amide bonds. The summed E-state index contributed by atoms with van der Waals surface area (Å²) in [6.07, 6.45) is 15.5. The van der Waals surface area contributed by atoms with Gasteiger partial charge in [-0.1, -0.05) is 246 Å². The zero-order valence-electron chi connectivity index (χ0n) is 66.9. The lowest BCUT2D eigenvalue weighted by Gasteiger charge is -2.40. The molecule has 4 fully saturated rings. The van der Waals surface area contributed by atoms with E-state index in [0.29, 0.717) is 57.6 Å². The van der Waals surface area contributed by atoms with Gasteiger partial charge in [-0.25, -0.2) is 35.2 Å². The molecule has 0 aliphatic heterocycles. The van der Waals surface area contributed by atoms with Crippen LogP contribution in [0.3, 0.4) is 0 Å². The number of aliphatic imine (C=N–C) groups is 1. The monoisotopic (exact) mass is 1710 g/mol. The van der Waals surface area contributed by atoms with Gasteiger partial charge in [0, 0.05) is 62.9 Å². The second-order valence-corrected chi connectivity index (χ2v) is 32.0. The number of nitrogens with one attached hydrogen (secondary N) is 1. The molecule has 0 atom stereocenters. The molecule has 0 bridgehead atoms. The Hall–Kier alpha value is -8.54. The van der Waals surface area contributed by atoms with Crippen molar-refractivity contribution in [3.05, 3.63) is 325 Å². The van der Waals surface area contributed by atoms with Crippen LogP contribution in [0.5, 0.6) is 0 Å². The first-order chi connectivity index (χ1) is 53.4. The van der Waals surface area contributed by atoms with Crippen LogP contribution < -0.4 is 17.2 Å². The molecule has 598 valence electrons. The van der Waals surface area contributed by atoms with Gasteiger partial charge in [0.2, 0.25) is 0 Å². The number of anilines is 1. The number of aliphatic hydroxyl groups is 1. The Balaban J connectivity index is 0.000000213. The number of aromatic nitrogens is 5. The standard InChI is InChI=1S/C25H26N2.C17H19N5O2S.C13H11N.C12H16BrN.C12H18N2.C10H9BrO.C3H8.2ClH.H3NO/c1-27(2)24-17-22(18-24)19-13-15-23(16-14-19)26-25(20-9-5-3-6-10-20)21-11-7-4-8-12-21;1-5-9-21-15(23)11-10-18-16(25-4)20-14(11)22(21)13-8-6-7-12(19-13)17(2,3)24;14-13(11-7-3-1-4-8-11)12-9-5-2-6-10-12;2*1-14(2)12-7-10(8-12)9-3-5-11(13)6-4-9;11-9-3-1-7(2-4-9)8-5-10(12)6-8;1-3-2;;;1-2/h3-16,22,24H,17-18H2,1-2H3;5-8,10,24H,1,9H2,2-4H3;1-10,14H;3-6,10,12H,7-8H2,1-2H3;3-6,10,12H,7-8,13H2,1-2H3;1-4,8H,5-6H2;3H2,1-2H3;2*1H;2H,1H2. The van der Waals surface area contributed by atoms with E-state index >= 15 is 0 Å². The topological polar surface area (TPSA) is 221 Å². The van der Waals surface area contributed by atoms with Crippen LogP contribution in [-0.4, -0.2) is 133 Å². The van der Waals surface area contributed by atoms with Crippen molar-refractivity contribution in [2.75, 3.05) is 54.3 Å². The van der Waals surface area contributed by atoms with Crippen molar-refractivity contribution in [1.29, 1.82) is 5.41 Å². The lowest BCUT2D eigenvalue weighted by atomic mass is 9.75. The number of carbonyl (C=O) groups is 1. The molecule has 0 spiro atoms. The third-order valence-electron chi connectivity index (χ3n) is 20.1. The average molecular weight is 1710 g/mol. The predicted octanol–water partition coefficient (Wildman–Crippen LogP) is 20.7. The fraction of sp³-hybridized carbons (Fsp3) is 0.315. The molecule has 7 N–H and O–H groups in total. The number of halogens is 4. The van der Waals surface area contributed by atoms with Gasteiger partial charge in [-0.2, -0.15) is 0 Å². The van der Waals surface area contributed by atoms with Gasteiger partial charge in [0.1, 0.15) is 16.8 Å². The molecule has 4 aliphatic rings. The first-order valence-corrected chi connectivity index (χ1v) is 40.7. The lowest BCUT2D eigenvalue weighted by Crippen LogP contribution is -2.39. The van der Waals surface area contributed by atoms with Crippen molar-refractivity contribution in [2.45, 2.75) is 145 Å². The number of carbonyl (C=O) groups excluding carboxylic acids is 1. The van der Waals surface area contributed by atoms with Gasteiger partial charge in [0.25, 0.3) is 5.56 Å². The number of nitrogens with two attached hydrogens (primary N) is 2. The van der Waals surface area contributed by atoms with E-state index in [1.807, 2.05) is 103 Å². The summed E-state index contributed by atoms with van der Waals surface area (Å²) < 4.78 is 5.42. The molecule has 3 aromatic heterocycles. The van der Waals surface area contributed by atoms with E-state index < -0.39 is 5.60 Å². The number of benzene rings is 8. The number of nitrogen functional groups attached to an aromatic ring is 1. The van der Waals surface area contributed by atoms with Crippen LogP contribution in [0.2, 0.25) is 0 Å². The average Bonchev–Trinajstić information content (AvgIpc) is 1.61. The van der Waals surface area contributed by atoms with Gasteiger partial charge in [-0.15, -0.1) is 31.4 Å². The van der Waals surface area contributed by atoms with Gasteiger partial charge in [-0.05, 0) is 219 Å². The van der Waals surface area contributed by atoms with Crippen LogP contribution in [0.4, 0.5) is 11.4 Å². The lowest BCUT2D eigenvalue weighted by molar-refractivity contribution is -0.124. The molecule has 11 aromatic rings. The third kappa shape index (κ3) is 27.3. The minimum absolute atomic E-state index is 0. The van der Waals surface area contributed by atoms with Crippen molar-refractivity contribution < 1.29 is 15.1 Å². The molecular formula is C92H112Br2Cl2N12O4S. The van der Waals surface area contributed by atoms with Crippen LogP contribution in [0.15, 0.2) is 279 Å². The second-order valence-electron chi connectivity index (χ2n) is 29.4. The Morgan fingerprint density at radius 1 is 0.566 bits per heavy atom. The predicted molar refractivity (Wildman–Crippen MR) is 482 cm³/mol. The summed E-state index contributed by atoms with van der Waals surface area (Å²) in [4.78, 5) is 48.6. The molecule has 3 heterocycles. The fourth-order valence-corrected chi connectivity index (χ4v) is 14.0. The quantitative estimate of drug-likeness (QED) is 0.0143. The van der Waals surface area contributed by atoms with Crippen molar-refractivity contribution in [3.8, 4) is 5.82 Å². The highest BCUT2D eigenvalue weighted by Gasteiger charge is 2.34. The molecule has 0 radical (unpaired) electrons. The molecule has 113 heavy (non-hydrogen) atoms. The SMILES string of the molecule is C=CCn1c(=O)c2cnc(SC)nc2n1-c1cccc(C(C)(C)O)n1.CCC.CN(C)C1CC(c2ccc(Br)cc2)C1.CN(C)C1CC(c2ccc(N)cc2)C1.CN(C)C1CC(c2ccc(N=C(c3ccccc3)c3ccccc3)cc2)C1.Cl.Cl.N=C(c1ccccc1)c1ccccc1.NO.O=C1CC(c2ccc(Br)cc2)C1. The van der Waals surface area contributed by atoms with Crippen molar-refractivity contribution in [1.82, 2.24) is 39.0 Å². The summed E-state index contributed by atoms with van der Waals surface area (Å²) >= 11 is 8.24. The highest BCUT2D eigenvalue weighted by molar-refractivity contribution is 9.10. The zero-order valence-corrected chi connectivity index (χ0v) is 72.5. The first-order valence-electron chi connectivity index (χ1n) is 37.9. The zero-order chi connectivity index (χ0) is 80.2. The summed E-state index contributed by atoms with van der Waals surface area (Å²) in [6, 6.07) is 82.1. The first kappa shape index (κ1) is 93.3. The maximum Gasteiger partial charge on any atom is 0.278 e. The summed E-state index contributed by atoms with van der Waals surface area (Å²) in [5.41, 5.74) is 18.6. The Labute approximate surface area is 702 Å². The summed E-state index contributed by atoms with van der Waals surface area (Å²) in [5, 5.41) is 25.7. The molecule has 0 saturated heterocycles. The van der Waals surface area contributed by atoms with E-state index in [9.17, 15) is 14.7 Å². The molecule has 16 nitrogen and oxygen atoms in total. The number of fused-ring (bicyclic) bond motifs is 1. The normalized spacial score (nSPS) is 16.9. The number of rotatable bonds is 17. The molecule has 0 unspecified atom stereocenters. The van der Waals surface area contributed by atoms with Gasteiger partial charge >= 0.3 is 0 Å². The van der Waals surface area contributed by atoms with E-state index in [2.05, 4.69) is 251 Å². The Morgan fingerprint density at radius 3 is 1.30 bits per heavy atom. The summed E-state index contributed by atoms with van der Waals surface area (Å²) in [5.74, 6) is 7.12. The second kappa shape index (κ2) is 46.7. The van der Waals surface area contributed by atoms with Crippen LogP contribution >= 0.6 is 68.4 Å². The third-order valence-corrected chi connectivity index (χ3v) is 21.7. The van der Waals surface area contributed by atoms with Crippen LogP contribution in [-0.2, 0) is 16.9 Å². The van der Waals surface area contributed by atoms with Gasteiger partial charge in [0.05, 0.1) is 29.3 Å². The van der Waals surface area contributed by atoms with Gasteiger partial charge in [0.15, 0.2) is 16.6 Å². The van der Waals surface area contributed by atoms with E-state index in [0.717, 1.165) is 86.6 Å². The highest BCUT2D eigenvalue weighted by Crippen LogP contribution is 2.42. The summed E-state index contributed by atoms with van der Waals surface area (Å²) in [7, 11) is 13.0. The van der Waals surface area contributed by atoms with Crippen LogP contribution in [0.25, 0.3) is 16.9 Å². The number of ketones is 1. The molecule has 21 heteroatoms. The van der Waals surface area contributed by atoms with E-state index in [4.69, 9.17) is 21.3 Å². The van der Waals surface area contributed by atoms with Gasteiger partial charge < -0.3 is 30.7 Å². The number of hydrogen-bond donors (Lipinski definition) is 5. The Morgan fingerprint density at radius 2 is 0.938 bits per heavy atom. The van der Waals surface area contributed by atoms with Crippen LogP contribution in [0.1, 0.15) is 159 Å². The number of pyridine rings is 1. The van der Waals surface area contributed by atoms with E-state index in [1.165, 1.54) is 94.3 Å². The largest absolute Gasteiger partial charge is 0.399 e. The minimum atomic E-state index is -1.10. The van der Waals surface area contributed by atoms with Crippen molar-refractivity contribution >= 4 is 108 Å². The number of hydrogen-bond acceptors (Lipinski definition) is 15. The Kier molecular flexibility index (Phi) is 38.6. The molecule has 15 rings (SSSR count). The number of thioether (sulfide) groups is 1. The number of Topliss-reactive ketones (excluding diaryl/α,β-unsaturated/α-hetero) is 1. The fourth-order valence-electron chi connectivity index (χ4n) is 13.1. The van der Waals surface area contributed by atoms with Crippen molar-refractivity contribution in [2.24, 2.45) is 10.9 Å². The highest BCUT2D eigenvalue weighted by atomic mass is 79.9. The molecule has 8 aromatic carbocycles. The molecule has 4 aliphatic carbocycles. The molecular weight excluding hydrogens is 1600 g/mol. The number of nitrogens with zero attached hydrogens (tertiary/aromatic N) is 9. The number of allylic oxidation sites excluding steroid dienone is 1. The maximum atomic E-state index is 12.7. The van der Waals surface area contributed by atoms with E-state index in [-0.39, 0.29) is 30.4 Å². The van der Waals surface area contributed by atoms with E-state index in [1.54, 1.807) is 42.8 Å². The Bertz CT molecular complexity index is 4590.